The van der Waals surface area contributed by atoms with E-state index in [0.717, 1.165) is 13.1 Å². The lowest BCUT2D eigenvalue weighted by molar-refractivity contribution is 0.134. The van der Waals surface area contributed by atoms with Crippen molar-refractivity contribution < 1.29 is 0 Å². The van der Waals surface area contributed by atoms with Gasteiger partial charge in [0.2, 0.25) is 0 Å². The van der Waals surface area contributed by atoms with Crippen LogP contribution in [0.3, 0.4) is 0 Å². The highest BCUT2D eigenvalue weighted by atomic mass is 15.4. The zero-order chi connectivity index (χ0) is 9.54. The van der Waals surface area contributed by atoms with E-state index in [-0.39, 0.29) is 0 Å². The first-order chi connectivity index (χ1) is 6.84. The minimum Gasteiger partial charge on any atom is -0.302 e. The van der Waals surface area contributed by atoms with Crippen LogP contribution in [-0.2, 0) is 0 Å². The van der Waals surface area contributed by atoms with Crippen LogP contribution in [-0.4, -0.2) is 34.8 Å². The van der Waals surface area contributed by atoms with Crippen molar-refractivity contribution in [3.05, 3.63) is 30.5 Å². The van der Waals surface area contributed by atoms with Crippen molar-refractivity contribution in [1.29, 1.82) is 0 Å². The van der Waals surface area contributed by atoms with Crippen LogP contribution >= 0.6 is 0 Å². The Labute approximate surface area is 82.9 Å². The number of para-hydroxylation sites is 1. The number of benzene rings is 1. The molecule has 2 heterocycles. The molecule has 0 unspecified atom stereocenters. The lowest BCUT2D eigenvalue weighted by Crippen LogP contribution is -2.45. The van der Waals surface area contributed by atoms with Crippen molar-refractivity contribution in [2.75, 3.05) is 20.1 Å². The van der Waals surface area contributed by atoms with E-state index in [4.69, 9.17) is 0 Å². The fraction of sp³-hybridized carbons (Fsp3) is 0.364. The lowest BCUT2D eigenvalue weighted by atomic mass is 10.1. The van der Waals surface area contributed by atoms with Crippen LogP contribution in [0.2, 0.25) is 0 Å². The molecule has 0 N–H and O–H groups in total. The number of hydrogen-bond acceptors (Lipinski definition) is 2. The normalized spacial score (nSPS) is 18.6. The first-order valence-corrected chi connectivity index (χ1v) is 4.95. The van der Waals surface area contributed by atoms with Gasteiger partial charge in [0.1, 0.15) is 0 Å². The second kappa shape index (κ2) is 2.82. The summed E-state index contributed by atoms with van der Waals surface area (Å²) in [6.07, 6.45) is 1.95. The number of aromatic nitrogens is 2. The molecule has 0 bridgehead atoms. The summed E-state index contributed by atoms with van der Waals surface area (Å²) in [5, 5.41) is 5.68. The van der Waals surface area contributed by atoms with Crippen molar-refractivity contribution >= 4 is 10.9 Å². The zero-order valence-corrected chi connectivity index (χ0v) is 8.22. The van der Waals surface area contributed by atoms with Crippen LogP contribution < -0.4 is 0 Å². The van der Waals surface area contributed by atoms with Gasteiger partial charge in [0.25, 0.3) is 0 Å². The summed E-state index contributed by atoms with van der Waals surface area (Å²) in [5.74, 6) is 0. The van der Waals surface area contributed by atoms with E-state index >= 15 is 0 Å². The third-order valence-electron chi connectivity index (χ3n) is 2.90. The molecule has 0 aliphatic carbocycles. The molecule has 0 amide bonds. The molecule has 0 radical (unpaired) electrons. The largest absolute Gasteiger partial charge is 0.302 e. The predicted molar refractivity (Wildman–Crippen MR) is 56.3 cm³/mol. The Morgan fingerprint density at radius 3 is 2.86 bits per heavy atom. The van der Waals surface area contributed by atoms with Gasteiger partial charge in [0.05, 0.1) is 17.8 Å². The highest BCUT2D eigenvalue weighted by molar-refractivity contribution is 5.78. The van der Waals surface area contributed by atoms with Gasteiger partial charge in [-0.25, -0.2) is 0 Å². The van der Waals surface area contributed by atoms with E-state index in [1.54, 1.807) is 0 Å². The molecule has 1 aliphatic rings. The number of rotatable bonds is 1. The van der Waals surface area contributed by atoms with Gasteiger partial charge in [-0.2, -0.15) is 5.10 Å². The predicted octanol–water partition coefficient (Wildman–Crippen LogP) is 1.52. The van der Waals surface area contributed by atoms with Gasteiger partial charge in [-0.3, -0.25) is 4.68 Å². The monoisotopic (exact) mass is 187 g/mol. The van der Waals surface area contributed by atoms with Gasteiger partial charge in [-0.1, -0.05) is 18.2 Å². The zero-order valence-electron chi connectivity index (χ0n) is 8.22. The standard InChI is InChI=1S/C11H13N3/c1-13-7-10(8-13)14-11-5-3-2-4-9(11)6-12-14/h2-6,10H,7-8H2,1H3. The molecule has 1 saturated heterocycles. The maximum atomic E-state index is 4.44. The van der Waals surface area contributed by atoms with Gasteiger partial charge in [0.15, 0.2) is 0 Å². The van der Waals surface area contributed by atoms with Crippen LogP contribution in [0, 0.1) is 0 Å². The molecule has 0 saturated carbocycles. The molecular weight excluding hydrogens is 174 g/mol. The third kappa shape index (κ3) is 1.06. The summed E-state index contributed by atoms with van der Waals surface area (Å²) in [5.41, 5.74) is 1.26. The Balaban J connectivity index is 2.05. The molecule has 3 nitrogen and oxygen atoms in total. The molecule has 14 heavy (non-hydrogen) atoms. The number of likely N-dealkylation sites (tertiary alicyclic amines) is 1. The third-order valence-corrected chi connectivity index (χ3v) is 2.90. The Kier molecular flexibility index (Phi) is 1.61. The van der Waals surface area contributed by atoms with E-state index in [1.165, 1.54) is 10.9 Å². The summed E-state index contributed by atoms with van der Waals surface area (Å²) in [4.78, 5) is 2.31. The molecule has 72 valence electrons. The van der Waals surface area contributed by atoms with Crippen LogP contribution in [0.1, 0.15) is 6.04 Å². The summed E-state index contributed by atoms with van der Waals surface area (Å²) < 4.78 is 2.15. The average Bonchev–Trinajstić information content (AvgIpc) is 2.56. The van der Waals surface area contributed by atoms with Crippen LogP contribution in [0.5, 0.6) is 0 Å². The smallest absolute Gasteiger partial charge is 0.0779 e. The molecule has 1 aromatic carbocycles. The Bertz CT molecular complexity index is 454. The van der Waals surface area contributed by atoms with Gasteiger partial charge < -0.3 is 4.90 Å². The fourth-order valence-electron chi connectivity index (χ4n) is 2.10. The molecule has 1 aromatic heterocycles. The van der Waals surface area contributed by atoms with Gasteiger partial charge in [-0.05, 0) is 13.1 Å². The molecule has 0 atom stereocenters. The summed E-state index contributed by atoms with van der Waals surface area (Å²) >= 11 is 0. The topological polar surface area (TPSA) is 21.1 Å². The number of nitrogens with zero attached hydrogens (tertiary/aromatic N) is 3. The molecule has 3 rings (SSSR count). The van der Waals surface area contributed by atoms with Crippen molar-refractivity contribution in [2.45, 2.75) is 6.04 Å². The first-order valence-electron chi connectivity index (χ1n) is 4.95. The number of hydrogen-bond donors (Lipinski definition) is 0. The van der Waals surface area contributed by atoms with Gasteiger partial charge in [0, 0.05) is 18.5 Å². The van der Waals surface area contributed by atoms with Crippen molar-refractivity contribution in [2.24, 2.45) is 0 Å². The second-order valence-corrected chi connectivity index (χ2v) is 4.02. The molecule has 1 fully saturated rings. The van der Waals surface area contributed by atoms with E-state index in [1.807, 2.05) is 6.20 Å². The van der Waals surface area contributed by atoms with Gasteiger partial charge in [-0.15, -0.1) is 0 Å². The number of likely N-dealkylation sites (N-methyl/N-ethyl adjacent to an activating group) is 1. The Morgan fingerprint density at radius 2 is 2.07 bits per heavy atom. The Hall–Kier alpha value is -1.35. The molecule has 1 aliphatic heterocycles. The lowest BCUT2D eigenvalue weighted by Gasteiger charge is -2.36. The summed E-state index contributed by atoms with van der Waals surface area (Å²) in [6.45, 7) is 2.23. The van der Waals surface area contributed by atoms with Gasteiger partial charge >= 0.3 is 0 Å². The summed E-state index contributed by atoms with van der Waals surface area (Å²) in [6, 6.07) is 8.95. The maximum absolute atomic E-state index is 4.44. The van der Waals surface area contributed by atoms with Crippen LogP contribution in [0.25, 0.3) is 10.9 Å². The minimum absolute atomic E-state index is 0.569. The summed E-state index contributed by atoms with van der Waals surface area (Å²) in [7, 11) is 2.14. The van der Waals surface area contributed by atoms with E-state index in [0.29, 0.717) is 6.04 Å². The average molecular weight is 187 g/mol. The highest BCUT2D eigenvalue weighted by Gasteiger charge is 2.26. The molecule has 0 spiro atoms. The van der Waals surface area contributed by atoms with E-state index in [2.05, 4.69) is 46.0 Å². The van der Waals surface area contributed by atoms with Crippen molar-refractivity contribution in [1.82, 2.24) is 14.7 Å². The van der Waals surface area contributed by atoms with Crippen LogP contribution in [0.4, 0.5) is 0 Å². The van der Waals surface area contributed by atoms with E-state index < -0.39 is 0 Å². The van der Waals surface area contributed by atoms with Crippen molar-refractivity contribution in [3.63, 3.8) is 0 Å². The minimum atomic E-state index is 0.569. The maximum Gasteiger partial charge on any atom is 0.0779 e. The van der Waals surface area contributed by atoms with Crippen LogP contribution in [0.15, 0.2) is 30.5 Å². The first kappa shape index (κ1) is 8.00. The molecular formula is C11H13N3. The van der Waals surface area contributed by atoms with E-state index in [9.17, 15) is 0 Å². The Morgan fingerprint density at radius 1 is 1.29 bits per heavy atom. The fourth-order valence-corrected chi connectivity index (χ4v) is 2.10. The van der Waals surface area contributed by atoms with Crippen molar-refractivity contribution in [3.8, 4) is 0 Å². The number of fused-ring (bicyclic) bond motifs is 1. The molecule has 2 aromatic rings. The quantitative estimate of drug-likeness (QED) is 0.675. The molecule has 3 heteroatoms. The highest BCUT2D eigenvalue weighted by Crippen LogP contribution is 2.23. The SMILES string of the molecule is CN1CC(n2ncc3ccccc32)C1. The second-order valence-electron chi connectivity index (χ2n) is 4.02.